The van der Waals surface area contributed by atoms with E-state index in [1.807, 2.05) is 6.92 Å². The van der Waals surface area contributed by atoms with Gasteiger partial charge in [0.1, 0.15) is 0 Å². The van der Waals surface area contributed by atoms with Gasteiger partial charge >= 0.3 is 0 Å². The van der Waals surface area contributed by atoms with Gasteiger partial charge in [-0.1, -0.05) is 6.92 Å². The Balaban J connectivity index is 2.70. The number of rotatable bonds is 7. The van der Waals surface area contributed by atoms with E-state index in [-0.39, 0.29) is 16.3 Å². The van der Waals surface area contributed by atoms with E-state index >= 15 is 0 Å². The molecule has 1 aromatic carbocycles. The van der Waals surface area contributed by atoms with Gasteiger partial charge in [-0.25, -0.2) is 8.42 Å². The fourth-order valence-corrected chi connectivity index (χ4v) is 2.77. The van der Waals surface area contributed by atoms with E-state index in [0.29, 0.717) is 13.0 Å². The van der Waals surface area contributed by atoms with Crippen LogP contribution in [0.3, 0.4) is 0 Å². The lowest BCUT2D eigenvalue weighted by atomic mass is 10.3. The maximum absolute atomic E-state index is 11.9. The minimum atomic E-state index is -3.35. The second-order valence-electron chi connectivity index (χ2n) is 3.78. The molecule has 0 heterocycles. The molecule has 1 rings (SSSR count). The summed E-state index contributed by atoms with van der Waals surface area (Å²) >= 11 is 0. The lowest BCUT2D eigenvalue weighted by molar-refractivity contribution is -0.384. The van der Waals surface area contributed by atoms with Crippen LogP contribution in [0, 0.1) is 10.1 Å². The second kappa shape index (κ2) is 6.46. The maximum atomic E-state index is 11.9. The highest BCUT2D eigenvalue weighted by Gasteiger charge is 2.15. The molecule has 0 aliphatic carbocycles. The standard InChI is InChI=1S/C11H16N2O4S/c1-2-12-8-3-9-18(16,17)11-6-4-10(5-7-11)13(14)15/h4-7,12H,2-3,8-9H2,1H3. The van der Waals surface area contributed by atoms with Crippen LogP contribution in [-0.2, 0) is 9.84 Å². The van der Waals surface area contributed by atoms with E-state index in [1.54, 1.807) is 0 Å². The molecule has 0 aliphatic rings. The number of benzene rings is 1. The third-order valence-electron chi connectivity index (χ3n) is 2.42. The molecule has 0 spiro atoms. The molecule has 6 nitrogen and oxygen atoms in total. The van der Waals surface area contributed by atoms with Gasteiger partial charge in [-0.05, 0) is 31.6 Å². The van der Waals surface area contributed by atoms with E-state index in [2.05, 4.69) is 5.32 Å². The first kappa shape index (κ1) is 14.6. The van der Waals surface area contributed by atoms with Crippen molar-refractivity contribution in [2.75, 3.05) is 18.8 Å². The van der Waals surface area contributed by atoms with Crippen molar-refractivity contribution < 1.29 is 13.3 Å². The highest BCUT2D eigenvalue weighted by molar-refractivity contribution is 7.91. The van der Waals surface area contributed by atoms with Gasteiger partial charge in [0.25, 0.3) is 5.69 Å². The topological polar surface area (TPSA) is 89.3 Å². The summed E-state index contributed by atoms with van der Waals surface area (Å²) in [7, 11) is -3.35. The first-order valence-electron chi connectivity index (χ1n) is 5.65. The molecule has 0 aromatic heterocycles. The van der Waals surface area contributed by atoms with E-state index in [9.17, 15) is 18.5 Å². The van der Waals surface area contributed by atoms with Crippen molar-refractivity contribution >= 4 is 15.5 Å². The molecule has 0 aliphatic heterocycles. The van der Waals surface area contributed by atoms with Crippen molar-refractivity contribution in [1.82, 2.24) is 5.32 Å². The van der Waals surface area contributed by atoms with Gasteiger partial charge in [0.15, 0.2) is 9.84 Å². The van der Waals surface area contributed by atoms with Crippen LogP contribution >= 0.6 is 0 Å². The van der Waals surface area contributed by atoms with Crippen molar-refractivity contribution in [3.05, 3.63) is 34.4 Å². The van der Waals surface area contributed by atoms with Crippen molar-refractivity contribution in [2.45, 2.75) is 18.2 Å². The Bertz CT molecular complexity index is 496. The van der Waals surface area contributed by atoms with Gasteiger partial charge in [0.2, 0.25) is 0 Å². The predicted molar refractivity (Wildman–Crippen MR) is 68.3 cm³/mol. The number of hydrogen-bond acceptors (Lipinski definition) is 5. The summed E-state index contributed by atoms with van der Waals surface area (Å²) in [6.07, 6.45) is 0.521. The highest BCUT2D eigenvalue weighted by Crippen LogP contribution is 2.17. The number of nitro groups is 1. The second-order valence-corrected chi connectivity index (χ2v) is 5.89. The highest BCUT2D eigenvalue weighted by atomic mass is 32.2. The van der Waals surface area contributed by atoms with Gasteiger partial charge in [-0.2, -0.15) is 0 Å². The fraction of sp³-hybridized carbons (Fsp3) is 0.455. The quantitative estimate of drug-likeness (QED) is 0.460. The first-order chi connectivity index (χ1) is 8.47. The third-order valence-corrected chi connectivity index (χ3v) is 4.24. The molecule has 0 unspecified atom stereocenters. The number of nitrogens with one attached hydrogen (secondary N) is 1. The van der Waals surface area contributed by atoms with Crippen LogP contribution in [-0.4, -0.2) is 32.2 Å². The van der Waals surface area contributed by atoms with Gasteiger partial charge in [-0.15, -0.1) is 0 Å². The van der Waals surface area contributed by atoms with E-state index in [0.717, 1.165) is 6.54 Å². The Morgan fingerprint density at radius 1 is 1.28 bits per heavy atom. The van der Waals surface area contributed by atoms with E-state index in [1.165, 1.54) is 24.3 Å². The van der Waals surface area contributed by atoms with Crippen LogP contribution < -0.4 is 5.32 Å². The number of hydrogen-bond donors (Lipinski definition) is 1. The van der Waals surface area contributed by atoms with Crippen LogP contribution in [0.4, 0.5) is 5.69 Å². The Hall–Kier alpha value is -1.47. The summed E-state index contributed by atoms with van der Waals surface area (Å²) in [6, 6.07) is 4.97. The molecule has 100 valence electrons. The summed E-state index contributed by atoms with van der Waals surface area (Å²) in [5, 5.41) is 13.5. The molecule has 0 saturated heterocycles. The van der Waals surface area contributed by atoms with Gasteiger partial charge < -0.3 is 5.32 Å². The summed E-state index contributed by atoms with van der Waals surface area (Å²) in [6.45, 7) is 3.39. The molecule has 1 N–H and O–H groups in total. The Morgan fingerprint density at radius 3 is 2.39 bits per heavy atom. The zero-order valence-corrected chi connectivity index (χ0v) is 10.9. The normalized spacial score (nSPS) is 11.4. The van der Waals surface area contributed by atoms with Gasteiger partial charge in [0, 0.05) is 12.1 Å². The van der Waals surface area contributed by atoms with Crippen molar-refractivity contribution in [1.29, 1.82) is 0 Å². The SMILES string of the molecule is CCNCCCS(=O)(=O)c1ccc([N+](=O)[O-])cc1. The molecule has 1 aromatic rings. The van der Waals surface area contributed by atoms with Crippen LogP contribution in [0.25, 0.3) is 0 Å². The zero-order valence-electron chi connectivity index (χ0n) is 10.1. The van der Waals surface area contributed by atoms with Crippen molar-refractivity contribution in [2.24, 2.45) is 0 Å². The van der Waals surface area contributed by atoms with Crippen molar-refractivity contribution in [3.63, 3.8) is 0 Å². The van der Waals surface area contributed by atoms with Crippen LogP contribution in [0.15, 0.2) is 29.2 Å². The number of non-ortho nitro benzene ring substituents is 1. The molecule has 0 saturated carbocycles. The summed E-state index contributed by atoms with van der Waals surface area (Å²) in [4.78, 5) is 10.0. The van der Waals surface area contributed by atoms with Crippen LogP contribution in [0.2, 0.25) is 0 Å². The smallest absolute Gasteiger partial charge is 0.269 e. The molecule has 7 heteroatoms. The van der Waals surface area contributed by atoms with E-state index in [4.69, 9.17) is 0 Å². The summed E-state index contributed by atoms with van der Waals surface area (Å²) < 4.78 is 23.8. The predicted octanol–water partition coefficient (Wildman–Crippen LogP) is 1.37. The lowest BCUT2D eigenvalue weighted by Gasteiger charge is -2.04. The monoisotopic (exact) mass is 272 g/mol. The molecule has 0 bridgehead atoms. The molecular weight excluding hydrogens is 256 g/mol. The molecule has 0 radical (unpaired) electrons. The molecular formula is C11H16N2O4S. The minimum absolute atomic E-state index is 0.0395. The first-order valence-corrected chi connectivity index (χ1v) is 7.30. The number of nitrogens with zero attached hydrogens (tertiary/aromatic N) is 1. The largest absolute Gasteiger partial charge is 0.317 e. The van der Waals surface area contributed by atoms with Crippen LogP contribution in [0.5, 0.6) is 0 Å². The molecule has 0 amide bonds. The lowest BCUT2D eigenvalue weighted by Crippen LogP contribution is -2.18. The summed E-state index contributed by atoms with van der Waals surface area (Å²) in [5.74, 6) is 0.0395. The molecule has 0 fully saturated rings. The maximum Gasteiger partial charge on any atom is 0.269 e. The third kappa shape index (κ3) is 4.08. The Kier molecular flexibility index (Phi) is 5.24. The van der Waals surface area contributed by atoms with Crippen LogP contribution in [0.1, 0.15) is 13.3 Å². The Morgan fingerprint density at radius 2 is 1.89 bits per heavy atom. The molecule has 18 heavy (non-hydrogen) atoms. The minimum Gasteiger partial charge on any atom is -0.317 e. The summed E-state index contributed by atoms with van der Waals surface area (Å²) in [5.41, 5.74) is -0.110. The molecule has 0 atom stereocenters. The van der Waals surface area contributed by atoms with Gasteiger partial charge in [-0.3, -0.25) is 10.1 Å². The number of sulfone groups is 1. The number of nitro benzene ring substituents is 1. The average Bonchev–Trinajstić information content (AvgIpc) is 2.35. The van der Waals surface area contributed by atoms with Gasteiger partial charge in [0.05, 0.1) is 15.6 Å². The fourth-order valence-electron chi connectivity index (χ4n) is 1.46. The zero-order chi connectivity index (χ0) is 13.6. The average molecular weight is 272 g/mol. The Labute approximate surface area is 106 Å². The van der Waals surface area contributed by atoms with Crippen molar-refractivity contribution in [3.8, 4) is 0 Å². The van der Waals surface area contributed by atoms with E-state index < -0.39 is 14.8 Å².